The molecule has 0 aliphatic carbocycles. The lowest BCUT2D eigenvalue weighted by molar-refractivity contribution is 0.0696. The molecule has 1 aromatic heterocycles. The average molecular weight is 341 g/mol. The van der Waals surface area contributed by atoms with Gasteiger partial charge in [0.2, 0.25) is 0 Å². The number of amides is 1. The second-order valence-electron chi connectivity index (χ2n) is 5.77. The zero-order valence-electron chi connectivity index (χ0n) is 13.9. The molecule has 1 fully saturated rings. The molecule has 0 radical (unpaired) electrons. The highest BCUT2D eigenvalue weighted by Gasteiger charge is 2.15. The molecule has 0 atom stereocenters. The van der Waals surface area contributed by atoms with Gasteiger partial charge in [0.15, 0.2) is 0 Å². The van der Waals surface area contributed by atoms with Gasteiger partial charge in [0.05, 0.1) is 30.0 Å². The number of nitrogens with zero attached hydrogens (tertiary/aromatic N) is 2. The lowest BCUT2D eigenvalue weighted by Crippen LogP contribution is -2.36. The summed E-state index contributed by atoms with van der Waals surface area (Å²) in [5.41, 5.74) is 2.37. The van der Waals surface area contributed by atoms with Crippen molar-refractivity contribution in [3.63, 3.8) is 0 Å². The number of aromatic carboxylic acids is 1. The fourth-order valence-corrected chi connectivity index (χ4v) is 2.68. The van der Waals surface area contributed by atoms with Crippen LogP contribution in [-0.2, 0) is 4.74 Å². The van der Waals surface area contributed by atoms with E-state index in [9.17, 15) is 9.59 Å². The summed E-state index contributed by atoms with van der Waals surface area (Å²) >= 11 is 0. The zero-order valence-corrected chi connectivity index (χ0v) is 13.9. The van der Waals surface area contributed by atoms with Gasteiger partial charge in [-0.05, 0) is 31.2 Å². The molecule has 2 aromatic rings. The number of morpholine rings is 1. The first-order valence-electron chi connectivity index (χ1n) is 7.98. The van der Waals surface area contributed by atoms with Crippen LogP contribution in [0.15, 0.2) is 36.5 Å². The molecule has 7 heteroatoms. The van der Waals surface area contributed by atoms with E-state index in [1.165, 1.54) is 12.3 Å². The fraction of sp³-hybridized carbons (Fsp3) is 0.278. The number of carbonyl (C=O) groups excluding carboxylic acids is 1. The predicted molar refractivity (Wildman–Crippen MR) is 93.4 cm³/mol. The minimum absolute atomic E-state index is 0.0159. The van der Waals surface area contributed by atoms with Crippen LogP contribution in [0.2, 0.25) is 0 Å². The first-order valence-corrected chi connectivity index (χ1v) is 7.98. The molecule has 1 amide bonds. The van der Waals surface area contributed by atoms with Crippen LogP contribution in [0.25, 0.3) is 0 Å². The molecule has 1 aliphatic rings. The summed E-state index contributed by atoms with van der Waals surface area (Å²) < 4.78 is 5.35. The number of carboxylic acid groups (broad SMARTS) is 1. The number of aromatic nitrogens is 1. The summed E-state index contributed by atoms with van der Waals surface area (Å²) in [6, 6.07) is 8.89. The summed E-state index contributed by atoms with van der Waals surface area (Å²) in [5, 5.41) is 11.9. The Balaban J connectivity index is 1.79. The number of hydrogen-bond donors (Lipinski definition) is 2. The number of rotatable bonds is 4. The maximum atomic E-state index is 12.5. The average Bonchev–Trinajstić information content (AvgIpc) is 2.62. The number of carbonyl (C=O) groups is 2. The van der Waals surface area contributed by atoms with Gasteiger partial charge in [0.25, 0.3) is 5.91 Å². The molecule has 130 valence electrons. The highest BCUT2D eigenvalue weighted by Crippen LogP contribution is 2.21. The molecule has 0 unspecified atom stereocenters. The van der Waals surface area contributed by atoms with Gasteiger partial charge in [-0.25, -0.2) is 4.79 Å². The maximum Gasteiger partial charge on any atom is 0.337 e. The summed E-state index contributed by atoms with van der Waals surface area (Å²) in [6.07, 6.45) is 1.24. The van der Waals surface area contributed by atoms with Gasteiger partial charge in [0.1, 0.15) is 0 Å². The monoisotopic (exact) mass is 341 g/mol. The minimum atomic E-state index is -1.11. The third-order valence-corrected chi connectivity index (χ3v) is 4.06. The molecular weight excluding hydrogens is 322 g/mol. The van der Waals surface area contributed by atoms with Crippen molar-refractivity contribution < 1.29 is 19.4 Å². The number of pyridine rings is 1. The third kappa shape index (κ3) is 3.95. The molecule has 1 aromatic carbocycles. The van der Waals surface area contributed by atoms with Gasteiger partial charge in [-0.15, -0.1) is 0 Å². The number of carboxylic acids is 1. The van der Waals surface area contributed by atoms with E-state index >= 15 is 0 Å². The second kappa shape index (κ2) is 7.31. The van der Waals surface area contributed by atoms with Crippen LogP contribution >= 0.6 is 0 Å². The van der Waals surface area contributed by atoms with E-state index in [4.69, 9.17) is 9.84 Å². The van der Waals surface area contributed by atoms with Crippen molar-refractivity contribution in [2.24, 2.45) is 0 Å². The molecule has 0 saturated carbocycles. The first kappa shape index (κ1) is 16.9. The molecule has 2 N–H and O–H groups in total. The Kier molecular flexibility index (Phi) is 4.95. The van der Waals surface area contributed by atoms with Crippen LogP contribution in [0, 0.1) is 6.92 Å². The van der Waals surface area contributed by atoms with Crippen LogP contribution in [0.3, 0.4) is 0 Å². The van der Waals surface area contributed by atoms with Crippen molar-refractivity contribution in [2.75, 3.05) is 36.5 Å². The van der Waals surface area contributed by atoms with Gasteiger partial charge < -0.3 is 20.1 Å². The Morgan fingerprint density at radius 1 is 1.24 bits per heavy atom. The Morgan fingerprint density at radius 2 is 2.00 bits per heavy atom. The van der Waals surface area contributed by atoms with Gasteiger partial charge in [0, 0.05) is 30.7 Å². The summed E-state index contributed by atoms with van der Waals surface area (Å²) in [7, 11) is 0. The van der Waals surface area contributed by atoms with E-state index in [2.05, 4.69) is 15.2 Å². The van der Waals surface area contributed by atoms with Gasteiger partial charge in [-0.2, -0.15) is 0 Å². The maximum absolute atomic E-state index is 12.5. The van der Waals surface area contributed by atoms with Crippen molar-refractivity contribution in [2.45, 2.75) is 6.92 Å². The Hall–Kier alpha value is -2.93. The number of hydrogen-bond acceptors (Lipinski definition) is 5. The molecule has 2 heterocycles. The van der Waals surface area contributed by atoms with Gasteiger partial charge in [-0.1, -0.05) is 6.07 Å². The van der Waals surface area contributed by atoms with E-state index in [1.54, 1.807) is 13.0 Å². The highest BCUT2D eigenvalue weighted by atomic mass is 16.5. The molecule has 1 saturated heterocycles. The third-order valence-electron chi connectivity index (χ3n) is 4.06. The van der Waals surface area contributed by atoms with Crippen LogP contribution in [0.4, 0.5) is 11.4 Å². The summed E-state index contributed by atoms with van der Waals surface area (Å²) in [6.45, 7) is 4.65. The standard InChI is InChI=1S/C18H19N3O4/c1-12-16(9-13(11-19-12)18(23)24)17(22)20-14-3-2-4-15(10-14)21-5-7-25-8-6-21/h2-4,9-11H,5-8H2,1H3,(H,20,22)(H,23,24). The minimum Gasteiger partial charge on any atom is -0.478 e. The fourth-order valence-electron chi connectivity index (χ4n) is 2.68. The Labute approximate surface area is 145 Å². The molecular formula is C18H19N3O4. The lowest BCUT2D eigenvalue weighted by Gasteiger charge is -2.29. The number of benzene rings is 1. The Morgan fingerprint density at radius 3 is 2.72 bits per heavy atom. The topological polar surface area (TPSA) is 91.8 Å². The SMILES string of the molecule is Cc1ncc(C(=O)O)cc1C(=O)Nc1cccc(N2CCOCC2)c1. The van der Waals surface area contributed by atoms with Gasteiger partial charge in [-0.3, -0.25) is 9.78 Å². The predicted octanol–water partition coefficient (Wildman–Crippen LogP) is 2.18. The summed E-state index contributed by atoms with van der Waals surface area (Å²) in [4.78, 5) is 29.8. The molecule has 7 nitrogen and oxygen atoms in total. The van der Waals surface area contributed by atoms with E-state index in [0.717, 1.165) is 18.8 Å². The number of aryl methyl sites for hydroxylation is 1. The van der Waals surface area contributed by atoms with E-state index in [0.29, 0.717) is 24.6 Å². The number of ether oxygens (including phenoxy) is 1. The van der Waals surface area contributed by atoms with Crippen LogP contribution in [0.1, 0.15) is 26.4 Å². The smallest absolute Gasteiger partial charge is 0.337 e. The van der Waals surface area contributed by atoms with Crippen LogP contribution in [0.5, 0.6) is 0 Å². The van der Waals surface area contributed by atoms with E-state index in [1.807, 2.05) is 18.2 Å². The second-order valence-corrected chi connectivity index (χ2v) is 5.77. The molecule has 3 rings (SSSR count). The quantitative estimate of drug-likeness (QED) is 0.886. The van der Waals surface area contributed by atoms with E-state index < -0.39 is 5.97 Å². The normalized spacial score (nSPS) is 14.2. The van der Waals surface area contributed by atoms with E-state index in [-0.39, 0.29) is 17.0 Å². The lowest BCUT2D eigenvalue weighted by atomic mass is 10.1. The van der Waals surface area contributed by atoms with Crippen LogP contribution in [-0.4, -0.2) is 48.3 Å². The number of anilines is 2. The summed E-state index contributed by atoms with van der Waals surface area (Å²) in [5.74, 6) is -1.50. The number of nitrogens with one attached hydrogen (secondary N) is 1. The van der Waals surface area contributed by atoms with Crippen molar-refractivity contribution in [1.29, 1.82) is 0 Å². The molecule has 1 aliphatic heterocycles. The molecule has 25 heavy (non-hydrogen) atoms. The zero-order chi connectivity index (χ0) is 17.8. The van der Waals surface area contributed by atoms with Crippen LogP contribution < -0.4 is 10.2 Å². The Bertz CT molecular complexity index is 801. The highest BCUT2D eigenvalue weighted by molar-refractivity contribution is 6.06. The largest absolute Gasteiger partial charge is 0.478 e. The van der Waals surface area contributed by atoms with Crippen molar-refractivity contribution in [3.8, 4) is 0 Å². The van der Waals surface area contributed by atoms with Crippen molar-refractivity contribution in [3.05, 3.63) is 53.3 Å². The molecule has 0 spiro atoms. The first-order chi connectivity index (χ1) is 12.0. The van der Waals surface area contributed by atoms with Gasteiger partial charge >= 0.3 is 5.97 Å². The van der Waals surface area contributed by atoms with Crippen molar-refractivity contribution >= 4 is 23.3 Å². The molecule has 0 bridgehead atoms. The van der Waals surface area contributed by atoms with Crippen molar-refractivity contribution in [1.82, 2.24) is 4.98 Å².